The van der Waals surface area contributed by atoms with E-state index >= 15 is 0 Å². The predicted molar refractivity (Wildman–Crippen MR) is 80.4 cm³/mol. The van der Waals surface area contributed by atoms with Gasteiger partial charge in [0.25, 0.3) is 0 Å². The third-order valence-corrected chi connectivity index (χ3v) is 3.51. The highest BCUT2D eigenvalue weighted by Crippen LogP contribution is 2.22. The molecule has 0 radical (unpaired) electrons. The first kappa shape index (κ1) is 18.2. The van der Waals surface area contributed by atoms with Crippen molar-refractivity contribution in [3.63, 3.8) is 0 Å². The molecule has 0 aliphatic rings. The number of benzene rings is 1. The first-order valence-corrected chi connectivity index (χ1v) is 6.54. The van der Waals surface area contributed by atoms with Crippen molar-refractivity contribution in [1.29, 1.82) is 0 Å². The van der Waals surface area contributed by atoms with Crippen LogP contribution in [0.25, 0.3) is 5.69 Å². The number of nitrogens with two attached hydrogens (primary N) is 1. The molecule has 5 nitrogen and oxygen atoms in total. The molecule has 0 amide bonds. The highest BCUT2D eigenvalue weighted by atomic mass is 79.9. The predicted octanol–water partition coefficient (Wildman–Crippen LogP) is 2.52. The monoisotopic (exact) mass is 378 g/mol. The van der Waals surface area contributed by atoms with Crippen LogP contribution in [0.15, 0.2) is 39.6 Å². The van der Waals surface area contributed by atoms with Crippen LogP contribution in [0.3, 0.4) is 0 Å². The van der Waals surface area contributed by atoms with Crippen molar-refractivity contribution in [2.45, 2.75) is 14.0 Å². The summed E-state index contributed by atoms with van der Waals surface area (Å²) >= 11 is 2.74. The van der Waals surface area contributed by atoms with Crippen LogP contribution in [0, 0.1) is 11.6 Å². The normalized spacial score (nSPS) is 11.4. The van der Waals surface area contributed by atoms with Gasteiger partial charge in [0.2, 0.25) is 0 Å². The van der Waals surface area contributed by atoms with Crippen LogP contribution in [0.4, 0.5) is 13.2 Å². The molecule has 0 fully saturated rings. The van der Waals surface area contributed by atoms with Gasteiger partial charge < -0.3 is 5.73 Å². The minimum absolute atomic E-state index is 0. The first-order valence-electron chi connectivity index (χ1n) is 5.75. The van der Waals surface area contributed by atoms with E-state index in [1.807, 2.05) is 0 Å². The van der Waals surface area contributed by atoms with E-state index < -0.39 is 17.3 Å². The lowest BCUT2D eigenvalue weighted by Crippen LogP contribution is -2.26. The summed E-state index contributed by atoms with van der Waals surface area (Å²) in [6, 6.07) is 1.96. The Kier molecular flexibility index (Phi) is 6.12. The Hall–Kier alpha value is -1.87. The summed E-state index contributed by atoms with van der Waals surface area (Å²) in [6.45, 7) is -0.211. The SMILES string of the molecule is C.NC/C(=C/F)Cn1ncn(-c2cc(F)c(Br)c(F)c2)c1=O. The van der Waals surface area contributed by atoms with Crippen molar-refractivity contribution in [2.24, 2.45) is 5.73 Å². The smallest absolute Gasteiger partial charge is 0.327 e. The highest BCUT2D eigenvalue weighted by molar-refractivity contribution is 9.10. The third kappa shape index (κ3) is 3.47. The largest absolute Gasteiger partial charge is 0.350 e. The molecule has 0 bridgehead atoms. The van der Waals surface area contributed by atoms with Gasteiger partial charge in [-0.1, -0.05) is 7.43 Å². The Morgan fingerprint density at radius 1 is 1.36 bits per heavy atom. The standard InChI is InChI=1S/C12H10BrF3N4O.CH4/c13-11-9(15)1-8(2-10(11)16)19-6-18-20(12(19)21)5-7(3-14)4-17;/h1-3,6H,4-5,17H2;1H4/b7-3-;. The van der Waals surface area contributed by atoms with Crippen molar-refractivity contribution in [3.8, 4) is 5.69 Å². The zero-order valence-electron chi connectivity index (χ0n) is 10.6. The minimum atomic E-state index is -0.851. The van der Waals surface area contributed by atoms with Gasteiger partial charge in [0.15, 0.2) is 0 Å². The Balaban J connectivity index is 0.00000242. The maximum atomic E-state index is 13.5. The van der Waals surface area contributed by atoms with Crippen LogP contribution in [0.1, 0.15) is 7.43 Å². The first-order chi connectivity index (χ1) is 9.97. The van der Waals surface area contributed by atoms with E-state index in [0.717, 1.165) is 27.7 Å². The molecule has 0 aliphatic heterocycles. The summed E-state index contributed by atoms with van der Waals surface area (Å²) < 4.78 is 41.0. The summed E-state index contributed by atoms with van der Waals surface area (Å²) in [7, 11) is 0. The van der Waals surface area contributed by atoms with Crippen molar-refractivity contribution >= 4 is 15.9 Å². The minimum Gasteiger partial charge on any atom is -0.327 e. The van der Waals surface area contributed by atoms with Gasteiger partial charge in [0.1, 0.15) is 18.0 Å². The van der Waals surface area contributed by atoms with Crippen LogP contribution >= 0.6 is 15.9 Å². The van der Waals surface area contributed by atoms with Crippen LogP contribution in [-0.4, -0.2) is 20.9 Å². The van der Waals surface area contributed by atoms with Gasteiger partial charge in [-0.05, 0) is 33.6 Å². The van der Waals surface area contributed by atoms with Gasteiger partial charge in [-0.15, -0.1) is 0 Å². The lowest BCUT2D eigenvalue weighted by Gasteiger charge is -2.04. The number of halogens is 4. The maximum Gasteiger partial charge on any atom is 0.350 e. The highest BCUT2D eigenvalue weighted by Gasteiger charge is 2.13. The van der Waals surface area contributed by atoms with Crippen LogP contribution in [0.2, 0.25) is 0 Å². The Morgan fingerprint density at radius 2 is 1.95 bits per heavy atom. The molecule has 0 aliphatic carbocycles. The topological polar surface area (TPSA) is 65.8 Å². The molecule has 1 aromatic heterocycles. The van der Waals surface area contributed by atoms with E-state index in [1.54, 1.807) is 0 Å². The van der Waals surface area contributed by atoms with Gasteiger partial charge >= 0.3 is 5.69 Å². The molecule has 2 N–H and O–H groups in total. The van der Waals surface area contributed by atoms with Crippen molar-refractivity contribution in [3.05, 3.63) is 57.0 Å². The molecular formula is C13H14BrF3N4O. The number of hydrogen-bond acceptors (Lipinski definition) is 3. The van der Waals surface area contributed by atoms with E-state index in [9.17, 15) is 18.0 Å². The molecule has 0 spiro atoms. The zero-order chi connectivity index (χ0) is 15.6. The fourth-order valence-electron chi connectivity index (χ4n) is 1.64. The Bertz CT molecular complexity index is 731. The van der Waals surface area contributed by atoms with E-state index in [2.05, 4.69) is 21.0 Å². The molecule has 2 rings (SSSR count). The van der Waals surface area contributed by atoms with Gasteiger partial charge in [-0.25, -0.2) is 27.2 Å². The van der Waals surface area contributed by atoms with Crippen LogP contribution in [-0.2, 0) is 6.54 Å². The number of rotatable bonds is 4. The molecule has 0 unspecified atom stereocenters. The zero-order valence-corrected chi connectivity index (χ0v) is 12.1. The Morgan fingerprint density at radius 3 is 2.45 bits per heavy atom. The molecule has 2 aromatic rings. The molecule has 0 saturated carbocycles. The number of nitrogens with zero attached hydrogens (tertiary/aromatic N) is 3. The summed E-state index contributed by atoms with van der Waals surface area (Å²) in [5.74, 6) is -1.70. The van der Waals surface area contributed by atoms with Crippen LogP contribution in [0.5, 0.6) is 0 Å². The maximum absolute atomic E-state index is 13.5. The number of aromatic nitrogens is 3. The van der Waals surface area contributed by atoms with E-state index in [4.69, 9.17) is 5.73 Å². The average molecular weight is 379 g/mol. The fourth-order valence-corrected chi connectivity index (χ4v) is 1.87. The van der Waals surface area contributed by atoms with Crippen molar-refractivity contribution < 1.29 is 13.2 Å². The Labute approximate surface area is 133 Å². The van der Waals surface area contributed by atoms with Gasteiger partial charge in [0, 0.05) is 6.54 Å². The molecule has 120 valence electrons. The lowest BCUT2D eigenvalue weighted by molar-refractivity contribution is 0.569. The molecule has 1 aromatic carbocycles. The molecular weight excluding hydrogens is 365 g/mol. The molecule has 1 heterocycles. The fraction of sp³-hybridized carbons (Fsp3) is 0.231. The van der Waals surface area contributed by atoms with Gasteiger partial charge in [0.05, 0.1) is 23.0 Å². The summed E-state index contributed by atoms with van der Waals surface area (Å²) in [6.07, 6.45) is 1.39. The van der Waals surface area contributed by atoms with Crippen molar-refractivity contribution in [1.82, 2.24) is 14.3 Å². The molecule has 0 saturated heterocycles. The molecule has 0 atom stereocenters. The summed E-state index contributed by atoms with van der Waals surface area (Å²) in [5.41, 5.74) is 4.77. The lowest BCUT2D eigenvalue weighted by atomic mass is 10.3. The van der Waals surface area contributed by atoms with E-state index in [0.29, 0.717) is 6.33 Å². The van der Waals surface area contributed by atoms with Gasteiger partial charge in [-0.3, -0.25) is 0 Å². The second kappa shape index (κ2) is 7.41. The third-order valence-electron chi connectivity index (χ3n) is 2.75. The molecule has 22 heavy (non-hydrogen) atoms. The van der Waals surface area contributed by atoms with E-state index in [-0.39, 0.29) is 36.2 Å². The second-order valence-electron chi connectivity index (χ2n) is 4.14. The van der Waals surface area contributed by atoms with Crippen LogP contribution < -0.4 is 11.4 Å². The van der Waals surface area contributed by atoms with Crippen molar-refractivity contribution in [2.75, 3.05) is 6.54 Å². The quantitative estimate of drug-likeness (QED) is 0.831. The van der Waals surface area contributed by atoms with Gasteiger partial charge in [-0.2, -0.15) is 5.10 Å². The molecule has 9 heteroatoms. The average Bonchev–Trinajstić information content (AvgIpc) is 2.82. The summed E-state index contributed by atoms with van der Waals surface area (Å²) in [5, 5.41) is 3.76. The number of hydrogen-bond donors (Lipinski definition) is 1. The second-order valence-corrected chi connectivity index (χ2v) is 4.93. The van der Waals surface area contributed by atoms with E-state index in [1.165, 1.54) is 0 Å². The summed E-state index contributed by atoms with van der Waals surface area (Å²) in [4.78, 5) is 12.1.